The molecule has 180 valence electrons. The monoisotopic (exact) mass is 467 g/mol. The van der Waals surface area contributed by atoms with Gasteiger partial charge in [0.2, 0.25) is 0 Å². The molecule has 6 heteroatoms. The van der Waals surface area contributed by atoms with Crippen LogP contribution in [0.15, 0.2) is 72.9 Å². The van der Waals surface area contributed by atoms with Crippen LogP contribution in [0.3, 0.4) is 0 Å². The van der Waals surface area contributed by atoms with E-state index >= 15 is 0 Å². The molecule has 4 aromatic rings. The van der Waals surface area contributed by atoms with E-state index in [4.69, 9.17) is 5.10 Å². The molecule has 1 aliphatic rings. The number of para-hydroxylation sites is 1. The van der Waals surface area contributed by atoms with Crippen molar-refractivity contribution in [3.8, 4) is 11.5 Å². The van der Waals surface area contributed by atoms with Crippen molar-refractivity contribution >= 4 is 6.03 Å². The van der Waals surface area contributed by atoms with E-state index in [1.165, 1.54) is 5.56 Å². The lowest BCUT2D eigenvalue weighted by molar-refractivity contribution is 0.180. The summed E-state index contributed by atoms with van der Waals surface area (Å²) in [6.07, 6.45) is 3.03. The van der Waals surface area contributed by atoms with E-state index in [1.807, 2.05) is 34.7 Å². The van der Waals surface area contributed by atoms with Gasteiger partial charge in [-0.15, -0.1) is 0 Å². The second-order valence-electron chi connectivity index (χ2n) is 9.80. The van der Waals surface area contributed by atoms with E-state index in [-0.39, 0.29) is 12.1 Å². The van der Waals surface area contributed by atoms with Crippen LogP contribution in [0.1, 0.15) is 54.4 Å². The number of nitrogens with zero attached hydrogens (tertiary/aromatic N) is 4. The van der Waals surface area contributed by atoms with Crippen LogP contribution in [0.25, 0.3) is 11.5 Å². The first-order valence-corrected chi connectivity index (χ1v) is 12.4. The molecule has 2 amide bonds. The fourth-order valence-electron chi connectivity index (χ4n) is 4.91. The number of carbonyl (C=O) groups is 1. The number of hydrogen-bond donors (Lipinski definition) is 1. The minimum Gasteiger partial charge on any atom is -0.338 e. The van der Waals surface area contributed by atoms with Gasteiger partial charge in [-0.25, -0.2) is 9.48 Å². The fourth-order valence-corrected chi connectivity index (χ4v) is 4.91. The maximum atomic E-state index is 13.7. The zero-order valence-corrected chi connectivity index (χ0v) is 20.9. The molecule has 3 heterocycles. The van der Waals surface area contributed by atoms with Crippen molar-refractivity contribution in [1.82, 2.24) is 24.6 Å². The van der Waals surface area contributed by atoms with Gasteiger partial charge >= 0.3 is 6.03 Å². The molecule has 1 atom stereocenters. The summed E-state index contributed by atoms with van der Waals surface area (Å²) in [6.45, 7) is 9.61. The lowest BCUT2D eigenvalue weighted by Gasteiger charge is -2.31. The lowest BCUT2D eigenvalue weighted by atomic mass is 10.00. The Labute approximate surface area is 207 Å². The minimum absolute atomic E-state index is 0.0513. The summed E-state index contributed by atoms with van der Waals surface area (Å²) < 4.78 is 4.21. The molecule has 0 aliphatic carbocycles. The zero-order chi connectivity index (χ0) is 24.5. The van der Waals surface area contributed by atoms with Crippen LogP contribution in [-0.2, 0) is 6.54 Å². The van der Waals surface area contributed by atoms with E-state index in [2.05, 4.69) is 85.4 Å². The van der Waals surface area contributed by atoms with Crippen LogP contribution < -0.4 is 5.32 Å². The molecule has 5 rings (SSSR count). The number of aromatic nitrogens is 3. The van der Waals surface area contributed by atoms with Crippen molar-refractivity contribution in [2.45, 2.75) is 46.7 Å². The predicted octanol–water partition coefficient (Wildman–Crippen LogP) is 5.94. The Morgan fingerprint density at radius 2 is 1.86 bits per heavy atom. The van der Waals surface area contributed by atoms with Crippen LogP contribution in [0.2, 0.25) is 0 Å². The fraction of sp³-hybridized carbons (Fsp3) is 0.310. The van der Waals surface area contributed by atoms with E-state index in [1.54, 1.807) is 0 Å². The first-order valence-electron chi connectivity index (χ1n) is 12.4. The van der Waals surface area contributed by atoms with Crippen molar-refractivity contribution in [2.24, 2.45) is 5.92 Å². The molecule has 0 spiro atoms. The number of benzene rings is 2. The normalized spacial score (nSPS) is 15.0. The Hall–Kier alpha value is -3.80. The number of hydrogen-bond acceptors (Lipinski definition) is 2. The Morgan fingerprint density at radius 3 is 2.60 bits per heavy atom. The Kier molecular flexibility index (Phi) is 6.20. The highest BCUT2D eigenvalue weighted by Gasteiger charge is 2.35. The van der Waals surface area contributed by atoms with Crippen molar-refractivity contribution in [3.63, 3.8) is 0 Å². The quantitative estimate of drug-likeness (QED) is 0.395. The number of urea groups is 1. The van der Waals surface area contributed by atoms with Gasteiger partial charge in [-0.1, -0.05) is 61.9 Å². The highest BCUT2D eigenvalue weighted by atomic mass is 16.2. The molecule has 0 bridgehead atoms. The van der Waals surface area contributed by atoms with Crippen molar-refractivity contribution in [3.05, 3.63) is 101 Å². The van der Waals surface area contributed by atoms with E-state index in [9.17, 15) is 4.79 Å². The molecule has 2 aromatic heterocycles. The number of carbonyl (C=O) groups excluding carboxylic acids is 1. The third kappa shape index (κ3) is 4.36. The number of rotatable bonds is 5. The number of fused-ring (bicyclic) bond motifs is 3. The summed E-state index contributed by atoms with van der Waals surface area (Å²) in [5.74, 6) is 1.52. The molecule has 0 fully saturated rings. The van der Waals surface area contributed by atoms with Gasteiger partial charge in [0.15, 0.2) is 0 Å². The number of aryl methyl sites for hydroxylation is 2. The van der Waals surface area contributed by atoms with Gasteiger partial charge < -0.3 is 14.8 Å². The van der Waals surface area contributed by atoms with Crippen LogP contribution in [-0.4, -0.2) is 31.8 Å². The molecular formula is C29H33N5O. The number of nitrogens with one attached hydrogen (secondary N) is 1. The van der Waals surface area contributed by atoms with Crippen LogP contribution >= 0.6 is 0 Å². The van der Waals surface area contributed by atoms with Gasteiger partial charge in [-0.05, 0) is 56.0 Å². The average Bonchev–Trinajstić information content (AvgIpc) is 3.40. The first-order chi connectivity index (χ1) is 16.9. The topological polar surface area (TPSA) is 55.1 Å². The summed E-state index contributed by atoms with van der Waals surface area (Å²) in [5, 5.41) is 8.10. The Bertz CT molecular complexity index is 1330. The molecule has 0 saturated carbocycles. The predicted molar refractivity (Wildman–Crippen MR) is 139 cm³/mol. The Balaban J connectivity index is 1.67. The zero-order valence-electron chi connectivity index (χ0n) is 20.9. The lowest BCUT2D eigenvalue weighted by Crippen LogP contribution is -2.42. The molecule has 0 radical (unpaired) electrons. The summed E-state index contributed by atoms with van der Waals surface area (Å²) in [7, 11) is 0. The van der Waals surface area contributed by atoms with Crippen molar-refractivity contribution in [1.29, 1.82) is 0 Å². The number of amides is 2. The molecule has 35 heavy (non-hydrogen) atoms. The standard InChI is InChI=1S/C29H33N5O/c1-20(2)15-16-30-29(35)33-19-25-22(4)31-34(24-12-6-5-7-13-24)28(25)32-17-9-14-26(32)27(33)23-11-8-10-21(3)18-23/h5-14,17-18,20,27H,15-16,19H2,1-4H3,(H,30,35). The molecule has 2 aromatic carbocycles. The first kappa shape index (κ1) is 23.0. The van der Waals surface area contributed by atoms with E-state index < -0.39 is 0 Å². The molecule has 0 saturated heterocycles. The van der Waals surface area contributed by atoms with Crippen molar-refractivity contribution in [2.75, 3.05) is 6.54 Å². The second-order valence-corrected chi connectivity index (χ2v) is 9.80. The van der Waals surface area contributed by atoms with Gasteiger partial charge in [0.1, 0.15) is 5.82 Å². The van der Waals surface area contributed by atoms with Crippen molar-refractivity contribution < 1.29 is 4.79 Å². The third-order valence-electron chi connectivity index (χ3n) is 6.70. The summed E-state index contributed by atoms with van der Waals surface area (Å²) in [4.78, 5) is 15.7. The summed E-state index contributed by atoms with van der Waals surface area (Å²) in [5.41, 5.74) is 6.30. The van der Waals surface area contributed by atoms with Gasteiger partial charge in [0.25, 0.3) is 0 Å². The highest BCUT2D eigenvalue weighted by Crippen LogP contribution is 2.38. The smallest absolute Gasteiger partial charge is 0.318 e. The maximum absolute atomic E-state index is 13.7. The third-order valence-corrected chi connectivity index (χ3v) is 6.70. The SMILES string of the molecule is Cc1cccc(C2c3cccn3-c3c(c(C)nn3-c3ccccc3)CN2C(=O)NCCC(C)C)c1. The second kappa shape index (κ2) is 9.45. The Morgan fingerprint density at radius 1 is 1.06 bits per heavy atom. The average molecular weight is 468 g/mol. The van der Waals surface area contributed by atoms with Crippen LogP contribution in [0.5, 0.6) is 0 Å². The minimum atomic E-state index is -0.222. The molecule has 1 unspecified atom stereocenters. The van der Waals surface area contributed by atoms with Gasteiger partial charge in [0.05, 0.1) is 29.7 Å². The summed E-state index contributed by atoms with van der Waals surface area (Å²) >= 11 is 0. The van der Waals surface area contributed by atoms with E-state index in [0.717, 1.165) is 40.4 Å². The molecule has 6 nitrogen and oxygen atoms in total. The summed E-state index contributed by atoms with van der Waals surface area (Å²) in [6, 6.07) is 22.6. The van der Waals surface area contributed by atoms with Gasteiger partial charge in [-0.2, -0.15) is 5.10 Å². The van der Waals surface area contributed by atoms with Gasteiger partial charge in [-0.3, -0.25) is 0 Å². The highest BCUT2D eigenvalue weighted by molar-refractivity contribution is 5.76. The van der Waals surface area contributed by atoms with E-state index in [0.29, 0.717) is 19.0 Å². The molecular weight excluding hydrogens is 434 g/mol. The largest absolute Gasteiger partial charge is 0.338 e. The van der Waals surface area contributed by atoms with Crippen LogP contribution in [0.4, 0.5) is 4.79 Å². The van der Waals surface area contributed by atoms with Crippen LogP contribution in [0, 0.1) is 19.8 Å². The maximum Gasteiger partial charge on any atom is 0.318 e. The molecule has 1 N–H and O–H groups in total. The van der Waals surface area contributed by atoms with Gasteiger partial charge in [0, 0.05) is 18.3 Å². The molecule has 1 aliphatic heterocycles.